The first kappa shape index (κ1) is 18.5. The van der Waals surface area contributed by atoms with Gasteiger partial charge in [0.05, 0.1) is 5.69 Å². The van der Waals surface area contributed by atoms with E-state index >= 15 is 0 Å². The molecule has 0 unspecified atom stereocenters. The highest BCUT2D eigenvalue weighted by molar-refractivity contribution is 7.11. The van der Waals surface area contributed by atoms with Crippen molar-refractivity contribution in [2.24, 2.45) is 0 Å². The van der Waals surface area contributed by atoms with Crippen molar-refractivity contribution in [2.45, 2.75) is 6.92 Å². The maximum atomic E-state index is 11.0. The van der Waals surface area contributed by atoms with Crippen molar-refractivity contribution in [2.75, 3.05) is 12.1 Å². The normalized spacial score (nSPS) is 12.3. The Kier molecular flexibility index (Phi) is 5.14. The summed E-state index contributed by atoms with van der Waals surface area (Å²) in [5.74, 6) is 1.47. The SMILES string of the molecule is CC(=O)Oc1ccc(-c2csc(C(C#N)=CNc3ccc4c(c3)OCO4)n2)cc1. The van der Waals surface area contributed by atoms with Gasteiger partial charge in [0.15, 0.2) is 11.5 Å². The van der Waals surface area contributed by atoms with Crippen molar-refractivity contribution in [1.82, 2.24) is 4.98 Å². The maximum absolute atomic E-state index is 11.0. The van der Waals surface area contributed by atoms with Gasteiger partial charge in [-0.3, -0.25) is 4.79 Å². The van der Waals surface area contributed by atoms with Gasteiger partial charge in [0.2, 0.25) is 6.79 Å². The summed E-state index contributed by atoms with van der Waals surface area (Å²) in [6, 6.07) is 14.7. The number of rotatable bonds is 5. The molecule has 0 bridgehead atoms. The predicted molar refractivity (Wildman–Crippen MR) is 109 cm³/mol. The summed E-state index contributed by atoms with van der Waals surface area (Å²) in [4.78, 5) is 15.6. The minimum atomic E-state index is -0.368. The summed E-state index contributed by atoms with van der Waals surface area (Å²) >= 11 is 1.38. The molecular formula is C21H15N3O4S. The molecule has 2 aromatic carbocycles. The lowest BCUT2D eigenvalue weighted by molar-refractivity contribution is -0.131. The number of fused-ring (bicyclic) bond motifs is 1. The van der Waals surface area contributed by atoms with Gasteiger partial charge >= 0.3 is 5.97 Å². The lowest BCUT2D eigenvalue weighted by atomic mass is 10.2. The van der Waals surface area contributed by atoms with Crippen molar-refractivity contribution >= 4 is 28.6 Å². The molecule has 1 aliphatic heterocycles. The lowest BCUT2D eigenvalue weighted by Gasteiger charge is -2.03. The van der Waals surface area contributed by atoms with E-state index in [0.717, 1.165) is 16.9 Å². The molecule has 0 radical (unpaired) electrons. The minimum Gasteiger partial charge on any atom is -0.454 e. The average molecular weight is 405 g/mol. The number of allylic oxidation sites excluding steroid dienone is 1. The molecule has 0 fully saturated rings. The third-order valence-electron chi connectivity index (χ3n) is 4.02. The first-order chi connectivity index (χ1) is 14.1. The Hall–Kier alpha value is -3.83. The largest absolute Gasteiger partial charge is 0.454 e. The predicted octanol–water partition coefficient (Wildman–Crippen LogP) is 4.44. The molecule has 0 spiro atoms. The Labute approximate surface area is 170 Å². The maximum Gasteiger partial charge on any atom is 0.308 e. The van der Waals surface area contributed by atoms with Crippen LogP contribution in [-0.2, 0) is 4.79 Å². The summed E-state index contributed by atoms with van der Waals surface area (Å²) < 4.78 is 15.7. The molecule has 144 valence electrons. The number of nitrogens with zero attached hydrogens (tertiary/aromatic N) is 2. The van der Waals surface area contributed by atoms with Crippen LogP contribution in [0.2, 0.25) is 0 Å². The Morgan fingerprint density at radius 1 is 1.24 bits per heavy atom. The summed E-state index contributed by atoms with van der Waals surface area (Å²) in [5.41, 5.74) is 2.79. The van der Waals surface area contributed by atoms with Crippen LogP contribution in [0.3, 0.4) is 0 Å². The van der Waals surface area contributed by atoms with Gasteiger partial charge in [-0.1, -0.05) is 0 Å². The van der Waals surface area contributed by atoms with Gasteiger partial charge in [0, 0.05) is 35.8 Å². The van der Waals surface area contributed by atoms with E-state index in [-0.39, 0.29) is 12.8 Å². The number of hydrogen-bond acceptors (Lipinski definition) is 8. The van der Waals surface area contributed by atoms with Gasteiger partial charge in [0.1, 0.15) is 22.4 Å². The van der Waals surface area contributed by atoms with E-state index in [1.165, 1.54) is 18.3 Å². The second-order valence-electron chi connectivity index (χ2n) is 6.04. The number of anilines is 1. The number of thiazole rings is 1. The zero-order valence-electron chi connectivity index (χ0n) is 15.3. The van der Waals surface area contributed by atoms with E-state index in [0.29, 0.717) is 27.8 Å². The van der Waals surface area contributed by atoms with Crippen molar-refractivity contribution in [3.8, 4) is 34.6 Å². The number of nitriles is 1. The monoisotopic (exact) mass is 405 g/mol. The van der Waals surface area contributed by atoms with Gasteiger partial charge in [-0.05, 0) is 36.4 Å². The van der Waals surface area contributed by atoms with Crippen LogP contribution in [0.1, 0.15) is 11.9 Å². The molecule has 0 atom stereocenters. The zero-order chi connectivity index (χ0) is 20.2. The summed E-state index contributed by atoms with van der Waals surface area (Å²) in [6.45, 7) is 1.57. The van der Waals surface area contributed by atoms with Crippen LogP contribution in [0.15, 0.2) is 54.0 Å². The van der Waals surface area contributed by atoms with Crippen LogP contribution in [0.4, 0.5) is 5.69 Å². The molecule has 4 rings (SSSR count). The fraction of sp³-hybridized carbons (Fsp3) is 0.0952. The number of carbonyl (C=O) groups is 1. The van der Waals surface area contributed by atoms with E-state index in [4.69, 9.17) is 14.2 Å². The number of carbonyl (C=O) groups excluding carboxylic acids is 1. The summed E-state index contributed by atoms with van der Waals surface area (Å²) in [7, 11) is 0. The minimum absolute atomic E-state index is 0.210. The third-order valence-corrected chi connectivity index (χ3v) is 4.90. The lowest BCUT2D eigenvalue weighted by Crippen LogP contribution is -2.00. The number of hydrogen-bond donors (Lipinski definition) is 1. The van der Waals surface area contributed by atoms with Crippen molar-refractivity contribution in [3.63, 3.8) is 0 Å². The molecule has 0 saturated carbocycles. The van der Waals surface area contributed by atoms with E-state index in [1.807, 2.05) is 35.7 Å². The number of aromatic nitrogens is 1. The van der Waals surface area contributed by atoms with E-state index in [2.05, 4.69) is 16.4 Å². The van der Waals surface area contributed by atoms with E-state index in [1.54, 1.807) is 18.3 Å². The zero-order valence-corrected chi connectivity index (χ0v) is 16.2. The standard InChI is InChI=1S/C21H15N3O4S/c1-13(25)28-17-5-2-14(3-6-17)18-11-29-21(24-18)15(9-22)10-23-16-4-7-19-20(8-16)27-12-26-19/h2-8,10-11,23H,12H2,1H3. The third kappa shape index (κ3) is 4.20. The summed E-state index contributed by atoms with van der Waals surface area (Å²) in [5, 5.41) is 15.1. The van der Waals surface area contributed by atoms with Gasteiger partial charge in [0.25, 0.3) is 0 Å². The van der Waals surface area contributed by atoms with Crippen LogP contribution >= 0.6 is 11.3 Å². The molecule has 29 heavy (non-hydrogen) atoms. The molecule has 3 aromatic rings. The van der Waals surface area contributed by atoms with E-state index in [9.17, 15) is 10.1 Å². The van der Waals surface area contributed by atoms with Gasteiger partial charge < -0.3 is 19.5 Å². The molecule has 0 saturated heterocycles. The van der Waals surface area contributed by atoms with Gasteiger partial charge in [-0.25, -0.2) is 4.98 Å². The molecule has 1 aromatic heterocycles. The Morgan fingerprint density at radius 2 is 2.03 bits per heavy atom. The van der Waals surface area contributed by atoms with Crippen LogP contribution in [0, 0.1) is 11.3 Å². The molecule has 0 aliphatic carbocycles. The smallest absolute Gasteiger partial charge is 0.308 e. The number of ether oxygens (including phenoxy) is 3. The quantitative estimate of drug-likeness (QED) is 0.381. The number of benzene rings is 2. The Bertz CT molecular complexity index is 1130. The molecular weight excluding hydrogens is 390 g/mol. The summed E-state index contributed by atoms with van der Waals surface area (Å²) in [6.07, 6.45) is 1.62. The molecule has 8 heteroatoms. The van der Waals surface area contributed by atoms with Gasteiger partial charge in [-0.15, -0.1) is 11.3 Å². The topological polar surface area (TPSA) is 93.5 Å². The molecule has 1 aliphatic rings. The van der Waals surface area contributed by atoms with Crippen LogP contribution < -0.4 is 19.5 Å². The van der Waals surface area contributed by atoms with Crippen molar-refractivity contribution < 1.29 is 19.0 Å². The number of nitrogens with one attached hydrogen (secondary N) is 1. The average Bonchev–Trinajstić information content (AvgIpc) is 3.38. The Morgan fingerprint density at radius 3 is 2.79 bits per heavy atom. The number of esters is 1. The Balaban J connectivity index is 1.50. The highest BCUT2D eigenvalue weighted by Gasteiger charge is 2.13. The molecule has 1 N–H and O–H groups in total. The fourth-order valence-electron chi connectivity index (χ4n) is 2.67. The molecule has 7 nitrogen and oxygen atoms in total. The van der Waals surface area contributed by atoms with Crippen LogP contribution in [-0.4, -0.2) is 17.7 Å². The van der Waals surface area contributed by atoms with E-state index < -0.39 is 0 Å². The second kappa shape index (κ2) is 8.04. The highest BCUT2D eigenvalue weighted by atomic mass is 32.1. The van der Waals surface area contributed by atoms with Crippen LogP contribution in [0.25, 0.3) is 16.8 Å². The van der Waals surface area contributed by atoms with Gasteiger partial charge in [-0.2, -0.15) is 5.26 Å². The first-order valence-electron chi connectivity index (χ1n) is 8.63. The molecule has 0 amide bonds. The molecule has 2 heterocycles. The van der Waals surface area contributed by atoms with Crippen molar-refractivity contribution in [3.05, 3.63) is 59.1 Å². The fourth-order valence-corrected chi connectivity index (χ4v) is 3.47. The van der Waals surface area contributed by atoms with Crippen molar-refractivity contribution in [1.29, 1.82) is 5.26 Å². The highest BCUT2D eigenvalue weighted by Crippen LogP contribution is 2.34. The van der Waals surface area contributed by atoms with Crippen LogP contribution in [0.5, 0.6) is 17.2 Å². The second-order valence-corrected chi connectivity index (χ2v) is 6.90. The first-order valence-corrected chi connectivity index (χ1v) is 9.51.